The van der Waals surface area contributed by atoms with Gasteiger partial charge in [0.1, 0.15) is 11.9 Å². The van der Waals surface area contributed by atoms with Crippen LogP contribution < -0.4 is 16.0 Å². The fraction of sp³-hybridized carbons (Fsp3) is 0.706. The molecule has 9 nitrogen and oxygen atoms in total. The second-order valence-electron chi connectivity index (χ2n) is 13.4. The lowest BCUT2D eigenvalue weighted by molar-refractivity contribution is -0.158. The molecule has 0 aromatic heterocycles. The summed E-state index contributed by atoms with van der Waals surface area (Å²) in [6.07, 6.45) is 6.64. The highest BCUT2D eigenvalue weighted by atomic mass is 19.3. The highest BCUT2D eigenvalue weighted by Gasteiger charge is 2.49. The maximum Gasteiger partial charge on any atom is 0.327 e. The predicted molar refractivity (Wildman–Crippen MR) is 170 cm³/mol. The molecular weight excluding hydrogens is 599 g/mol. The average molecular weight is 650 g/mol. The molecule has 12 heteroatoms. The molecule has 1 aromatic carbocycles. The molecule has 3 aliphatic rings. The number of nitrogens with one attached hydrogen (secondary N) is 3. The van der Waals surface area contributed by atoms with Gasteiger partial charge in [0.2, 0.25) is 17.7 Å². The van der Waals surface area contributed by atoms with Crippen molar-refractivity contribution >= 4 is 29.3 Å². The third-order valence-corrected chi connectivity index (χ3v) is 10.0. The van der Waals surface area contributed by atoms with Crippen LogP contribution in [0.5, 0.6) is 0 Å². The van der Waals surface area contributed by atoms with Crippen molar-refractivity contribution in [3.05, 3.63) is 29.6 Å². The zero-order valence-corrected chi connectivity index (χ0v) is 27.4. The van der Waals surface area contributed by atoms with Gasteiger partial charge in [-0.2, -0.15) is 8.78 Å². The van der Waals surface area contributed by atoms with Crippen LogP contribution in [-0.2, 0) is 19.2 Å². The molecule has 1 aromatic rings. The van der Waals surface area contributed by atoms with E-state index in [9.17, 15) is 19.2 Å². The van der Waals surface area contributed by atoms with Gasteiger partial charge in [0.15, 0.2) is 0 Å². The standard InChI is InChI=1S/C34H50F3N5O4/c1-4-28(43)38-22(2)29(32(45)42-19-17-41(3)18-20-42)24-15-16-27(26(35)21-24)39-31(44)30(23-11-7-5-8-12-23)40-33(46)34(36,37)25-13-9-6-10-14-25/h15-16,21-23,25,29-30H,4-14,17-20H2,1-3H3,(H,38,43)(H,39,44)(H,40,46)/t22-,29-,30+/m1/s1. The van der Waals surface area contributed by atoms with E-state index >= 15 is 13.2 Å². The van der Waals surface area contributed by atoms with E-state index in [-0.39, 0.29) is 42.7 Å². The topological polar surface area (TPSA) is 111 Å². The molecule has 2 aliphatic carbocycles. The second kappa shape index (κ2) is 16.1. The molecule has 256 valence electrons. The smallest absolute Gasteiger partial charge is 0.327 e. The molecule has 0 radical (unpaired) electrons. The van der Waals surface area contributed by atoms with Gasteiger partial charge in [-0.3, -0.25) is 19.2 Å². The molecule has 46 heavy (non-hydrogen) atoms. The Morgan fingerprint density at radius 3 is 2.11 bits per heavy atom. The van der Waals surface area contributed by atoms with Gasteiger partial charge in [-0.15, -0.1) is 0 Å². The molecule has 2 saturated carbocycles. The number of amides is 4. The number of benzene rings is 1. The maximum atomic E-state index is 15.7. The molecule has 3 fully saturated rings. The Balaban J connectivity index is 1.54. The fourth-order valence-electron chi connectivity index (χ4n) is 7.10. The Kier molecular flexibility index (Phi) is 12.5. The van der Waals surface area contributed by atoms with Crippen LogP contribution in [0.1, 0.15) is 96.0 Å². The van der Waals surface area contributed by atoms with Crippen molar-refractivity contribution in [3.63, 3.8) is 0 Å². The Morgan fingerprint density at radius 2 is 1.52 bits per heavy atom. The molecule has 3 N–H and O–H groups in total. The van der Waals surface area contributed by atoms with E-state index in [1.54, 1.807) is 18.7 Å². The summed E-state index contributed by atoms with van der Waals surface area (Å²) in [5.41, 5.74) is 0.159. The van der Waals surface area contributed by atoms with Crippen molar-refractivity contribution in [2.75, 3.05) is 38.5 Å². The Bertz CT molecular complexity index is 1230. The third kappa shape index (κ3) is 8.80. The van der Waals surface area contributed by atoms with Crippen molar-refractivity contribution < 1.29 is 32.3 Å². The quantitative estimate of drug-likeness (QED) is 0.319. The molecule has 0 unspecified atom stereocenters. The van der Waals surface area contributed by atoms with E-state index in [0.717, 1.165) is 25.7 Å². The largest absolute Gasteiger partial charge is 0.353 e. The lowest BCUT2D eigenvalue weighted by Gasteiger charge is -2.36. The van der Waals surface area contributed by atoms with Gasteiger partial charge < -0.3 is 25.8 Å². The minimum Gasteiger partial charge on any atom is -0.353 e. The Morgan fingerprint density at radius 1 is 0.913 bits per heavy atom. The van der Waals surface area contributed by atoms with Crippen LogP contribution in [0.15, 0.2) is 18.2 Å². The first-order valence-corrected chi connectivity index (χ1v) is 17.0. The van der Waals surface area contributed by atoms with Crippen LogP contribution in [0.2, 0.25) is 0 Å². The molecule has 1 heterocycles. The van der Waals surface area contributed by atoms with E-state index < -0.39 is 47.5 Å². The average Bonchev–Trinajstić information content (AvgIpc) is 3.05. The SMILES string of the molecule is CCC(=O)N[C@H](C)[C@@H](C(=O)N1CCN(C)CC1)c1ccc(NC(=O)[C@@H](NC(=O)C(F)(F)C2CCCCC2)C2CCCCC2)c(F)c1. The summed E-state index contributed by atoms with van der Waals surface area (Å²) in [6.45, 7) is 5.81. The highest BCUT2D eigenvalue weighted by molar-refractivity contribution is 5.98. The van der Waals surface area contributed by atoms with Crippen LogP contribution in [-0.4, -0.2) is 84.7 Å². The third-order valence-electron chi connectivity index (χ3n) is 10.0. The van der Waals surface area contributed by atoms with E-state index in [2.05, 4.69) is 20.9 Å². The van der Waals surface area contributed by atoms with Gasteiger partial charge in [-0.05, 0) is 63.3 Å². The zero-order valence-electron chi connectivity index (χ0n) is 27.4. The molecule has 0 bridgehead atoms. The summed E-state index contributed by atoms with van der Waals surface area (Å²) < 4.78 is 46.1. The van der Waals surface area contributed by atoms with E-state index in [4.69, 9.17) is 0 Å². The van der Waals surface area contributed by atoms with Gasteiger partial charge >= 0.3 is 5.92 Å². The first-order valence-electron chi connectivity index (χ1n) is 17.0. The molecule has 1 saturated heterocycles. The van der Waals surface area contributed by atoms with Crippen molar-refractivity contribution in [3.8, 4) is 0 Å². The number of alkyl halides is 2. The van der Waals surface area contributed by atoms with Crippen molar-refractivity contribution in [2.45, 2.75) is 108 Å². The van der Waals surface area contributed by atoms with E-state index in [1.165, 1.54) is 18.2 Å². The first-order chi connectivity index (χ1) is 21.9. The number of carbonyl (C=O) groups is 4. The number of likely N-dealkylation sites (N-methyl/N-ethyl adjacent to an activating group) is 1. The summed E-state index contributed by atoms with van der Waals surface area (Å²) >= 11 is 0. The van der Waals surface area contributed by atoms with Crippen LogP contribution in [0.4, 0.5) is 18.9 Å². The summed E-state index contributed by atoms with van der Waals surface area (Å²) in [7, 11) is 1.97. The predicted octanol–water partition coefficient (Wildman–Crippen LogP) is 4.82. The van der Waals surface area contributed by atoms with Crippen molar-refractivity contribution in [1.82, 2.24) is 20.4 Å². The van der Waals surface area contributed by atoms with Gasteiger partial charge in [-0.25, -0.2) is 4.39 Å². The first kappa shape index (κ1) is 35.7. The summed E-state index contributed by atoms with van der Waals surface area (Å²) in [6, 6.07) is 2.19. The van der Waals surface area contributed by atoms with Gasteiger partial charge in [0.25, 0.3) is 5.91 Å². The molecule has 4 rings (SSSR count). The lowest BCUT2D eigenvalue weighted by Crippen LogP contribution is -2.55. The number of hydrogen-bond donors (Lipinski definition) is 3. The summed E-state index contributed by atoms with van der Waals surface area (Å²) in [5, 5.41) is 7.74. The molecule has 1 aliphatic heterocycles. The molecule has 4 amide bonds. The Hall–Kier alpha value is -3.15. The highest BCUT2D eigenvalue weighted by Crippen LogP contribution is 2.37. The van der Waals surface area contributed by atoms with E-state index in [0.29, 0.717) is 57.4 Å². The number of nitrogens with zero attached hydrogens (tertiary/aromatic N) is 2. The minimum absolute atomic E-state index is 0.182. The van der Waals surface area contributed by atoms with Gasteiger partial charge in [0.05, 0.1) is 11.6 Å². The number of piperazine rings is 1. The van der Waals surface area contributed by atoms with Crippen LogP contribution >= 0.6 is 0 Å². The summed E-state index contributed by atoms with van der Waals surface area (Å²) in [5.74, 6) is -9.36. The maximum absolute atomic E-state index is 15.7. The van der Waals surface area contributed by atoms with Crippen LogP contribution in [0.3, 0.4) is 0 Å². The summed E-state index contributed by atoms with van der Waals surface area (Å²) in [4.78, 5) is 56.3. The lowest BCUT2D eigenvalue weighted by atomic mass is 9.82. The van der Waals surface area contributed by atoms with Crippen molar-refractivity contribution in [2.24, 2.45) is 11.8 Å². The second-order valence-corrected chi connectivity index (χ2v) is 13.4. The Labute approximate surface area is 270 Å². The fourth-order valence-corrected chi connectivity index (χ4v) is 7.10. The van der Waals surface area contributed by atoms with E-state index in [1.807, 2.05) is 7.05 Å². The number of halogens is 3. The number of rotatable bonds is 11. The number of anilines is 1. The number of hydrogen-bond acceptors (Lipinski definition) is 5. The van der Waals surface area contributed by atoms with Gasteiger partial charge in [0, 0.05) is 44.6 Å². The molecule has 0 spiro atoms. The zero-order chi connectivity index (χ0) is 33.4. The molecular formula is C34H50F3N5O4. The van der Waals surface area contributed by atoms with Crippen molar-refractivity contribution in [1.29, 1.82) is 0 Å². The monoisotopic (exact) mass is 649 g/mol. The normalized spacial score (nSPS) is 20.8. The molecule has 3 atom stereocenters. The van der Waals surface area contributed by atoms with Crippen LogP contribution in [0.25, 0.3) is 0 Å². The number of carbonyl (C=O) groups excluding carboxylic acids is 4. The minimum atomic E-state index is -3.60. The van der Waals surface area contributed by atoms with Crippen LogP contribution in [0, 0.1) is 17.7 Å². The van der Waals surface area contributed by atoms with Gasteiger partial charge in [-0.1, -0.05) is 51.5 Å².